The zero-order valence-corrected chi connectivity index (χ0v) is 7.97. The van der Waals surface area contributed by atoms with E-state index in [2.05, 4.69) is 4.98 Å². The Labute approximate surface area is 84.6 Å². The number of pyridine rings is 1. The SMILES string of the molecule is Cc1cccc2nc(C(=O)O)cc(=O)n12. The van der Waals surface area contributed by atoms with E-state index in [1.807, 2.05) is 0 Å². The lowest BCUT2D eigenvalue weighted by Gasteiger charge is -2.03. The summed E-state index contributed by atoms with van der Waals surface area (Å²) in [5, 5.41) is 8.73. The van der Waals surface area contributed by atoms with Crippen molar-refractivity contribution in [3.05, 3.63) is 46.0 Å². The van der Waals surface area contributed by atoms with Gasteiger partial charge in [-0.3, -0.25) is 9.20 Å². The molecule has 0 aliphatic heterocycles. The average Bonchev–Trinajstić information content (AvgIpc) is 2.17. The van der Waals surface area contributed by atoms with Crippen molar-refractivity contribution in [2.45, 2.75) is 6.92 Å². The molecule has 0 radical (unpaired) electrons. The quantitative estimate of drug-likeness (QED) is 0.742. The molecule has 0 aliphatic rings. The maximum absolute atomic E-state index is 11.6. The third-order valence-electron chi connectivity index (χ3n) is 2.10. The Morgan fingerprint density at radius 2 is 2.20 bits per heavy atom. The fourth-order valence-electron chi connectivity index (χ4n) is 1.42. The Balaban J connectivity index is 2.91. The number of nitrogens with zero attached hydrogens (tertiary/aromatic N) is 2. The van der Waals surface area contributed by atoms with Crippen LogP contribution in [0, 0.1) is 6.92 Å². The molecule has 0 unspecified atom stereocenters. The van der Waals surface area contributed by atoms with E-state index in [9.17, 15) is 9.59 Å². The molecule has 0 amide bonds. The fraction of sp³-hybridized carbons (Fsp3) is 0.100. The number of carboxylic acid groups (broad SMARTS) is 1. The Hall–Kier alpha value is -2.17. The van der Waals surface area contributed by atoms with Crippen molar-refractivity contribution < 1.29 is 9.90 Å². The van der Waals surface area contributed by atoms with E-state index < -0.39 is 5.97 Å². The number of rotatable bonds is 1. The summed E-state index contributed by atoms with van der Waals surface area (Å²) in [5.74, 6) is -1.20. The first-order valence-electron chi connectivity index (χ1n) is 4.32. The number of hydrogen-bond donors (Lipinski definition) is 1. The van der Waals surface area contributed by atoms with Crippen LogP contribution in [0.3, 0.4) is 0 Å². The largest absolute Gasteiger partial charge is 0.477 e. The van der Waals surface area contributed by atoms with Crippen molar-refractivity contribution in [3.8, 4) is 0 Å². The summed E-state index contributed by atoms with van der Waals surface area (Å²) < 4.78 is 1.37. The molecule has 0 spiro atoms. The van der Waals surface area contributed by atoms with E-state index in [-0.39, 0.29) is 11.3 Å². The maximum Gasteiger partial charge on any atom is 0.354 e. The summed E-state index contributed by atoms with van der Waals surface area (Å²) in [7, 11) is 0. The molecule has 5 heteroatoms. The molecule has 0 saturated carbocycles. The molecule has 2 rings (SSSR count). The molecule has 5 nitrogen and oxygen atoms in total. The first kappa shape index (κ1) is 9.39. The van der Waals surface area contributed by atoms with E-state index in [1.165, 1.54) is 4.40 Å². The number of carbonyl (C=O) groups is 1. The Morgan fingerprint density at radius 3 is 2.87 bits per heavy atom. The Kier molecular flexibility index (Phi) is 2.00. The second-order valence-electron chi connectivity index (χ2n) is 3.15. The molecule has 0 bridgehead atoms. The van der Waals surface area contributed by atoms with Gasteiger partial charge in [-0.2, -0.15) is 0 Å². The predicted octanol–water partition coefficient (Wildman–Crippen LogP) is 0.701. The number of hydrogen-bond acceptors (Lipinski definition) is 3. The smallest absolute Gasteiger partial charge is 0.354 e. The van der Waals surface area contributed by atoms with Gasteiger partial charge < -0.3 is 5.11 Å². The highest BCUT2D eigenvalue weighted by Gasteiger charge is 2.08. The molecule has 15 heavy (non-hydrogen) atoms. The highest BCUT2D eigenvalue weighted by molar-refractivity contribution is 5.85. The van der Waals surface area contributed by atoms with Gasteiger partial charge in [0.25, 0.3) is 5.56 Å². The van der Waals surface area contributed by atoms with E-state index >= 15 is 0 Å². The van der Waals surface area contributed by atoms with Crippen LogP contribution < -0.4 is 5.56 Å². The molecule has 2 aromatic heterocycles. The summed E-state index contributed by atoms with van der Waals surface area (Å²) in [6.45, 7) is 1.76. The lowest BCUT2D eigenvalue weighted by atomic mass is 10.3. The monoisotopic (exact) mass is 204 g/mol. The van der Waals surface area contributed by atoms with Crippen molar-refractivity contribution in [3.63, 3.8) is 0 Å². The molecule has 2 aromatic rings. The van der Waals surface area contributed by atoms with E-state index in [0.29, 0.717) is 5.65 Å². The summed E-state index contributed by atoms with van der Waals surface area (Å²) in [4.78, 5) is 26.1. The van der Waals surface area contributed by atoms with Gasteiger partial charge >= 0.3 is 5.97 Å². The van der Waals surface area contributed by atoms with Crippen LogP contribution in [-0.4, -0.2) is 20.5 Å². The van der Waals surface area contributed by atoms with Crippen molar-refractivity contribution in [2.24, 2.45) is 0 Å². The van der Waals surface area contributed by atoms with Crippen LogP contribution in [0.4, 0.5) is 0 Å². The molecule has 76 valence electrons. The minimum atomic E-state index is -1.20. The van der Waals surface area contributed by atoms with E-state index in [0.717, 1.165) is 11.8 Å². The zero-order chi connectivity index (χ0) is 11.0. The second-order valence-corrected chi connectivity index (χ2v) is 3.15. The van der Waals surface area contributed by atoms with Gasteiger partial charge in [0.15, 0.2) is 5.69 Å². The fourth-order valence-corrected chi connectivity index (χ4v) is 1.42. The van der Waals surface area contributed by atoms with Gasteiger partial charge in [-0.1, -0.05) is 6.07 Å². The highest BCUT2D eigenvalue weighted by atomic mass is 16.4. The Morgan fingerprint density at radius 1 is 1.47 bits per heavy atom. The van der Waals surface area contributed by atoms with Crippen molar-refractivity contribution in [1.29, 1.82) is 0 Å². The van der Waals surface area contributed by atoms with E-state index in [4.69, 9.17) is 5.11 Å². The molecule has 0 fully saturated rings. The number of carboxylic acids is 1. The minimum absolute atomic E-state index is 0.231. The standard InChI is InChI=1S/C10H8N2O3/c1-6-3-2-4-8-11-7(10(14)15)5-9(13)12(6)8/h2-5H,1H3,(H,14,15). The maximum atomic E-state index is 11.6. The van der Waals surface area contributed by atoms with Crippen LogP contribution in [0.1, 0.15) is 16.2 Å². The minimum Gasteiger partial charge on any atom is -0.477 e. The number of aryl methyl sites for hydroxylation is 1. The third-order valence-corrected chi connectivity index (χ3v) is 2.10. The van der Waals surface area contributed by atoms with Gasteiger partial charge in [-0.05, 0) is 19.1 Å². The zero-order valence-electron chi connectivity index (χ0n) is 7.97. The topological polar surface area (TPSA) is 71.7 Å². The summed E-state index contributed by atoms with van der Waals surface area (Å²) in [6, 6.07) is 6.10. The molecule has 0 aromatic carbocycles. The van der Waals surface area contributed by atoms with Crippen LogP contribution in [0.15, 0.2) is 29.1 Å². The molecule has 1 N–H and O–H groups in total. The first-order chi connectivity index (χ1) is 7.09. The second kappa shape index (κ2) is 3.20. The highest BCUT2D eigenvalue weighted by Crippen LogP contribution is 2.02. The molecule has 2 heterocycles. The molecular formula is C10H8N2O3. The lowest BCUT2D eigenvalue weighted by Crippen LogP contribution is -2.19. The Bertz CT molecular complexity index is 601. The summed E-state index contributed by atoms with van der Waals surface area (Å²) in [5.41, 5.74) is 0.461. The molecule has 0 saturated heterocycles. The van der Waals surface area contributed by atoms with Gasteiger partial charge in [-0.15, -0.1) is 0 Å². The van der Waals surface area contributed by atoms with Crippen molar-refractivity contribution in [1.82, 2.24) is 9.38 Å². The van der Waals surface area contributed by atoms with Crippen molar-refractivity contribution in [2.75, 3.05) is 0 Å². The van der Waals surface area contributed by atoms with Gasteiger partial charge in [0.2, 0.25) is 0 Å². The van der Waals surface area contributed by atoms with Crippen LogP contribution >= 0.6 is 0 Å². The van der Waals surface area contributed by atoms with Crippen LogP contribution in [-0.2, 0) is 0 Å². The molecular weight excluding hydrogens is 196 g/mol. The predicted molar refractivity (Wildman–Crippen MR) is 53.2 cm³/mol. The van der Waals surface area contributed by atoms with Gasteiger partial charge in [0, 0.05) is 11.8 Å². The lowest BCUT2D eigenvalue weighted by molar-refractivity contribution is 0.0690. The van der Waals surface area contributed by atoms with Gasteiger partial charge in [0.05, 0.1) is 0 Å². The molecule has 0 aliphatic carbocycles. The van der Waals surface area contributed by atoms with Crippen LogP contribution in [0.5, 0.6) is 0 Å². The van der Waals surface area contributed by atoms with E-state index in [1.54, 1.807) is 25.1 Å². The molecule has 0 atom stereocenters. The number of aromatic nitrogens is 2. The normalized spacial score (nSPS) is 10.5. The summed E-state index contributed by atoms with van der Waals surface area (Å²) >= 11 is 0. The number of fused-ring (bicyclic) bond motifs is 1. The summed E-state index contributed by atoms with van der Waals surface area (Å²) in [6.07, 6.45) is 0. The van der Waals surface area contributed by atoms with Crippen molar-refractivity contribution >= 4 is 11.6 Å². The van der Waals surface area contributed by atoms with Crippen LogP contribution in [0.2, 0.25) is 0 Å². The van der Waals surface area contributed by atoms with Crippen LogP contribution in [0.25, 0.3) is 5.65 Å². The van der Waals surface area contributed by atoms with Gasteiger partial charge in [-0.25, -0.2) is 9.78 Å². The third kappa shape index (κ3) is 1.48. The van der Waals surface area contributed by atoms with Gasteiger partial charge in [0.1, 0.15) is 5.65 Å². The number of aromatic carboxylic acids is 1. The average molecular weight is 204 g/mol. The first-order valence-corrected chi connectivity index (χ1v) is 4.32.